The number of carbonyl (C=O) groups is 1. The largest absolute Gasteiger partial charge is 0.444 e. The van der Waals surface area contributed by atoms with Crippen LogP contribution in [0.15, 0.2) is 40.2 Å². The van der Waals surface area contributed by atoms with E-state index < -0.39 is 0 Å². The van der Waals surface area contributed by atoms with Crippen molar-refractivity contribution in [3.63, 3.8) is 0 Å². The molecule has 3 aromatic rings. The molecule has 0 aliphatic heterocycles. The minimum Gasteiger partial charge on any atom is -0.444 e. The van der Waals surface area contributed by atoms with Gasteiger partial charge in [0, 0.05) is 5.02 Å². The van der Waals surface area contributed by atoms with Gasteiger partial charge in [0.2, 0.25) is 11.8 Å². The molecule has 3 rings (SSSR count). The van der Waals surface area contributed by atoms with Crippen molar-refractivity contribution in [1.29, 1.82) is 0 Å². The van der Waals surface area contributed by atoms with Crippen molar-refractivity contribution in [3.8, 4) is 5.69 Å². The Morgan fingerprint density at radius 3 is 2.96 bits per heavy atom. The van der Waals surface area contributed by atoms with Crippen LogP contribution in [0.4, 0.5) is 0 Å². The minimum absolute atomic E-state index is 0.140. The zero-order valence-corrected chi connectivity index (χ0v) is 15.3. The Bertz CT molecular complexity index is 873. The molecular formula is C16H16ClN5O2S. The number of hydrogen-bond donors (Lipinski definition) is 1. The van der Waals surface area contributed by atoms with Crippen molar-refractivity contribution in [2.45, 2.75) is 25.5 Å². The summed E-state index contributed by atoms with van der Waals surface area (Å²) in [6, 6.07) is 7.34. The van der Waals surface area contributed by atoms with Crippen molar-refractivity contribution in [1.82, 2.24) is 25.1 Å². The molecule has 0 aliphatic rings. The Kier molecular flexibility index (Phi) is 5.40. The number of halogens is 1. The van der Waals surface area contributed by atoms with Crippen LogP contribution in [0.5, 0.6) is 0 Å². The Labute approximate surface area is 153 Å². The second-order valence-electron chi connectivity index (χ2n) is 5.28. The summed E-state index contributed by atoms with van der Waals surface area (Å²) >= 11 is 7.30. The Balaban J connectivity index is 1.57. The van der Waals surface area contributed by atoms with Gasteiger partial charge in [0.1, 0.15) is 12.1 Å². The molecule has 7 nitrogen and oxygen atoms in total. The number of nitrogens with zero attached hydrogens (tertiary/aromatic N) is 4. The highest BCUT2D eigenvalue weighted by molar-refractivity contribution is 7.99. The fourth-order valence-electron chi connectivity index (χ4n) is 2.10. The molecule has 1 N–H and O–H groups in total. The number of rotatable bonds is 6. The molecule has 0 unspecified atom stereocenters. The number of benzene rings is 1. The summed E-state index contributed by atoms with van der Waals surface area (Å²) in [5.41, 5.74) is 1.67. The van der Waals surface area contributed by atoms with Crippen molar-refractivity contribution in [2.24, 2.45) is 0 Å². The third kappa shape index (κ3) is 4.40. The van der Waals surface area contributed by atoms with Gasteiger partial charge in [-0.25, -0.2) is 4.98 Å². The lowest BCUT2D eigenvalue weighted by Gasteiger charge is -2.06. The van der Waals surface area contributed by atoms with Crippen LogP contribution in [0, 0.1) is 13.8 Å². The first kappa shape index (κ1) is 17.5. The van der Waals surface area contributed by atoms with Crippen LogP contribution in [0.1, 0.15) is 17.3 Å². The molecule has 1 aromatic carbocycles. The first-order chi connectivity index (χ1) is 12.0. The lowest BCUT2D eigenvalue weighted by Crippen LogP contribution is -2.24. The summed E-state index contributed by atoms with van der Waals surface area (Å²) in [5, 5.41) is 12.0. The first-order valence-corrected chi connectivity index (χ1v) is 8.87. The van der Waals surface area contributed by atoms with Crippen LogP contribution in [-0.4, -0.2) is 31.4 Å². The Hall–Kier alpha value is -2.32. The van der Waals surface area contributed by atoms with Crippen LogP contribution in [-0.2, 0) is 11.3 Å². The quantitative estimate of drug-likeness (QED) is 0.665. The van der Waals surface area contributed by atoms with Crippen LogP contribution in [0.2, 0.25) is 5.02 Å². The molecule has 0 fully saturated rings. The highest BCUT2D eigenvalue weighted by Gasteiger charge is 2.12. The van der Waals surface area contributed by atoms with Gasteiger partial charge in [0.25, 0.3) is 0 Å². The number of aromatic nitrogens is 4. The number of carbonyl (C=O) groups excluding carboxylic acids is 1. The average Bonchev–Trinajstić information content (AvgIpc) is 3.18. The maximum absolute atomic E-state index is 12.0. The molecule has 1 amide bonds. The van der Waals surface area contributed by atoms with E-state index in [0.717, 1.165) is 17.1 Å². The lowest BCUT2D eigenvalue weighted by atomic mass is 10.3. The van der Waals surface area contributed by atoms with Gasteiger partial charge in [-0.05, 0) is 32.0 Å². The van der Waals surface area contributed by atoms with Gasteiger partial charge in [-0.1, -0.05) is 29.4 Å². The molecule has 0 atom stereocenters. The Morgan fingerprint density at radius 1 is 1.40 bits per heavy atom. The Morgan fingerprint density at radius 2 is 2.24 bits per heavy atom. The zero-order chi connectivity index (χ0) is 17.8. The molecule has 0 aliphatic carbocycles. The van der Waals surface area contributed by atoms with E-state index in [-0.39, 0.29) is 18.2 Å². The maximum Gasteiger partial charge on any atom is 0.230 e. The molecule has 130 valence electrons. The number of nitrogens with one attached hydrogen (secondary N) is 1. The zero-order valence-electron chi connectivity index (χ0n) is 13.7. The molecule has 0 radical (unpaired) electrons. The van der Waals surface area contributed by atoms with Crippen molar-refractivity contribution >= 4 is 29.3 Å². The van der Waals surface area contributed by atoms with Gasteiger partial charge in [-0.15, -0.1) is 10.2 Å². The summed E-state index contributed by atoms with van der Waals surface area (Å²) in [7, 11) is 0. The first-order valence-electron chi connectivity index (χ1n) is 7.51. The summed E-state index contributed by atoms with van der Waals surface area (Å²) in [5.74, 6) is 1.32. The predicted octanol–water partition coefficient (Wildman–Crippen LogP) is 2.93. The summed E-state index contributed by atoms with van der Waals surface area (Å²) < 4.78 is 7.21. The van der Waals surface area contributed by atoms with Gasteiger partial charge in [-0.3, -0.25) is 9.36 Å². The van der Waals surface area contributed by atoms with E-state index in [4.69, 9.17) is 16.0 Å². The SMILES string of the molecule is Cc1nc(CNC(=O)CSc2nncn2-c2cccc(Cl)c2)oc1C. The fourth-order valence-corrected chi connectivity index (χ4v) is 3.04. The third-order valence-electron chi connectivity index (χ3n) is 3.44. The van der Waals surface area contributed by atoms with Crippen LogP contribution in [0.3, 0.4) is 0 Å². The third-order valence-corrected chi connectivity index (χ3v) is 4.62. The van der Waals surface area contributed by atoms with Crippen LogP contribution >= 0.6 is 23.4 Å². The number of aryl methyl sites for hydroxylation is 2. The highest BCUT2D eigenvalue weighted by Crippen LogP contribution is 2.21. The molecule has 2 heterocycles. The fraction of sp³-hybridized carbons (Fsp3) is 0.250. The van der Waals surface area contributed by atoms with Crippen LogP contribution < -0.4 is 5.32 Å². The maximum atomic E-state index is 12.0. The molecule has 9 heteroatoms. The molecule has 0 bridgehead atoms. The second-order valence-corrected chi connectivity index (χ2v) is 6.66. The topological polar surface area (TPSA) is 85.8 Å². The molecular weight excluding hydrogens is 362 g/mol. The van der Waals surface area contributed by atoms with Gasteiger partial charge in [0.05, 0.1) is 23.7 Å². The number of hydrogen-bond acceptors (Lipinski definition) is 6. The van der Waals surface area contributed by atoms with Gasteiger partial charge in [-0.2, -0.15) is 0 Å². The van der Waals surface area contributed by atoms with Crippen molar-refractivity contribution in [2.75, 3.05) is 5.75 Å². The lowest BCUT2D eigenvalue weighted by molar-refractivity contribution is -0.118. The standard InChI is InChI=1S/C16H16ClN5O2S/c1-10-11(2)24-15(20-10)7-18-14(23)8-25-16-21-19-9-22(16)13-5-3-4-12(17)6-13/h3-6,9H,7-8H2,1-2H3,(H,18,23). The van der Waals surface area contributed by atoms with E-state index in [1.54, 1.807) is 17.0 Å². The van der Waals surface area contributed by atoms with E-state index in [0.29, 0.717) is 16.1 Å². The second kappa shape index (κ2) is 7.71. The number of thioether (sulfide) groups is 1. The van der Waals surface area contributed by atoms with Crippen LogP contribution in [0.25, 0.3) is 5.69 Å². The van der Waals surface area contributed by atoms with E-state index in [9.17, 15) is 4.79 Å². The summed E-state index contributed by atoms with van der Waals surface area (Å²) in [6.45, 7) is 3.96. The van der Waals surface area contributed by atoms with Gasteiger partial charge >= 0.3 is 0 Å². The summed E-state index contributed by atoms with van der Waals surface area (Å²) in [6.07, 6.45) is 1.59. The molecule has 0 spiro atoms. The minimum atomic E-state index is -0.140. The predicted molar refractivity (Wildman–Crippen MR) is 94.9 cm³/mol. The van der Waals surface area contributed by atoms with Crippen molar-refractivity contribution < 1.29 is 9.21 Å². The summed E-state index contributed by atoms with van der Waals surface area (Å²) in [4.78, 5) is 16.3. The molecule has 2 aromatic heterocycles. The average molecular weight is 378 g/mol. The highest BCUT2D eigenvalue weighted by atomic mass is 35.5. The molecule has 0 saturated heterocycles. The molecule has 0 saturated carbocycles. The monoisotopic (exact) mass is 377 g/mol. The normalized spacial score (nSPS) is 10.8. The molecule has 25 heavy (non-hydrogen) atoms. The smallest absolute Gasteiger partial charge is 0.230 e. The van der Waals surface area contributed by atoms with E-state index in [2.05, 4.69) is 20.5 Å². The number of oxazole rings is 1. The van der Waals surface area contributed by atoms with E-state index in [1.165, 1.54) is 11.8 Å². The van der Waals surface area contributed by atoms with E-state index >= 15 is 0 Å². The van der Waals surface area contributed by atoms with Gasteiger partial charge < -0.3 is 9.73 Å². The van der Waals surface area contributed by atoms with Crippen molar-refractivity contribution in [3.05, 3.63) is 53.0 Å². The van der Waals surface area contributed by atoms with E-state index in [1.807, 2.05) is 32.0 Å². The van der Waals surface area contributed by atoms with Gasteiger partial charge in [0.15, 0.2) is 5.16 Å². The number of amides is 1.